The topological polar surface area (TPSA) is 55.8 Å². The van der Waals surface area contributed by atoms with E-state index in [2.05, 4.69) is 0 Å². The number of hydrogen-bond donors (Lipinski definition) is 0. The van der Waals surface area contributed by atoms with Crippen molar-refractivity contribution in [2.24, 2.45) is 5.92 Å². The summed E-state index contributed by atoms with van der Waals surface area (Å²) in [6.45, 7) is 3.38. The predicted octanol–water partition coefficient (Wildman–Crippen LogP) is 3.56. The number of Topliss-reactive ketones (excluding diaryl/α,β-unsaturated/α-hetero) is 1. The quantitative estimate of drug-likeness (QED) is 0.709. The van der Waals surface area contributed by atoms with Crippen LogP contribution in [0.3, 0.4) is 0 Å². The maximum absolute atomic E-state index is 12.5. The van der Waals surface area contributed by atoms with E-state index in [1.54, 1.807) is 0 Å². The highest BCUT2D eigenvalue weighted by Gasteiger charge is 2.45. The molecule has 1 amide bonds. The van der Waals surface area contributed by atoms with Crippen molar-refractivity contribution in [3.05, 3.63) is 35.9 Å². The van der Waals surface area contributed by atoms with Crippen molar-refractivity contribution in [3.8, 4) is 0 Å². The van der Waals surface area contributed by atoms with Crippen LogP contribution in [0.1, 0.15) is 44.6 Å². The summed E-state index contributed by atoms with van der Waals surface area (Å²) in [5.74, 6) is 0.346. The van der Waals surface area contributed by atoms with Gasteiger partial charge in [-0.2, -0.15) is 0 Å². The van der Waals surface area contributed by atoms with Crippen LogP contribution >= 0.6 is 0 Å². The van der Waals surface area contributed by atoms with Crippen LogP contribution < -0.4 is 0 Å². The summed E-state index contributed by atoms with van der Waals surface area (Å²) in [5, 5.41) is 0. The third-order valence-electron chi connectivity index (χ3n) is 5.30. The van der Waals surface area contributed by atoms with Crippen LogP contribution in [0.25, 0.3) is 0 Å². The Hall–Kier alpha value is -1.88. The molecule has 2 atom stereocenters. The fraction of sp³-hybridized carbons (Fsp3) is 0.600. The van der Waals surface area contributed by atoms with Crippen molar-refractivity contribution >= 4 is 11.9 Å². The van der Waals surface area contributed by atoms with Gasteiger partial charge < -0.3 is 14.4 Å². The van der Waals surface area contributed by atoms with Gasteiger partial charge in [0.2, 0.25) is 0 Å². The van der Waals surface area contributed by atoms with Crippen molar-refractivity contribution in [3.63, 3.8) is 0 Å². The maximum atomic E-state index is 12.5. The molecule has 2 fully saturated rings. The third kappa shape index (κ3) is 4.40. The number of rotatable bonds is 7. The number of nitrogens with zero attached hydrogens (tertiary/aromatic N) is 1. The van der Waals surface area contributed by atoms with Crippen molar-refractivity contribution in [2.45, 2.75) is 57.7 Å². The van der Waals surface area contributed by atoms with Crippen molar-refractivity contribution in [2.75, 3.05) is 13.2 Å². The van der Waals surface area contributed by atoms with Gasteiger partial charge in [0.25, 0.3) is 0 Å². The van der Waals surface area contributed by atoms with Crippen LogP contribution in [0.4, 0.5) is 4.79 Å². The minimum absolute atomic E-state index is 0.0659. The van der Waals surface area contributed by atoms with E-state index in [1.807, 2.05) is 42.2 Å². The summed E-state index contributed by atoms with van der Waals surface area (Å²) in [7, 11) is 0. The second-order valence-corrected chi connectivity index (χ2v) is 6.91. The van der Waals surface area contributed by atoms with Crippen LogP contribution in [0.15, 0.2) is 30.3 Å². The molecule has 2 heterocycles. The Labute approximate surface area is 149 Å². The molecule has 1 aromatic rings. The van der Waals surface area contributed by atoms with E-state index in [0.717, 1.165) is 31.2 Å². The van der Waals surface area contributed by atoms with Gasteiger partial charge in [0.1, 0.15) is 12.4 Å². The molecule has 0 N–H and O–H groups in total. The first kappa shape index (κ1) is 17.9. The zero-order chi connectivity index (χ0) is 17.6. The number of amides is 1. The van der Waals surface area contributed by atoms with E-state index < -0.39 is 0 Å². The number of carbonyl (C=O) groups excluding carboxylic acids is 2. The van der Waals surface area contributed by atoms with Gasteiger partial charge in [-0.3, -0.25) is 4.79 Å². The molecule has 1 aromatic carbocycles. The number of carbonyl (C=O) groups is 2. The molecule has 2 aliphatic rings. The normalized spacial score (nSPS) is 25.0. The van der Waals surface area contributed by atoms with Crippen LogP contribution in [-0.2, 0) is 20.9 Å². The first-order chi connectivity index (χ1) is 12.2. The van der Waals surface area contributed by atoms with Crippen LogP contribution in [-0.4, -0.2) is 42.1 Å². The number of ketones is 1. The first-order valence-corrected chi connectivity index (χ1v) is 9.28. The Morgan fingerprint density at radius 1 is 1.12 bits per heavy atom. The molecule has 136 valence electrons. The molecule has 5 heteroatoms. The molecular weight excluding hydrogens is 318 g/mol. The van der Waals surface area contributed by atoms with E-state index in [-0.39, 0.29) is 29.9 Å². The second kappa shape index (κ2) is 8.48. The minimum atomic E-state index is -0.239. The molecule has 0 radical (unpaired) electrons. The summed E-state index contributed by atoms with van der Waals surface area (Å²) < 4.78 is 10.8. The smallest absolute Gasteiger partial charge is 0.410 e. The molecule has 0 aliphatic carbocycles. The fourth-order valence-corrected chi connectivity index (χ4v) is 4.05. The highest BCUT2D eigenvalue weighted by molar-refractivity contribution is 5.82. The summed E-state index contributed by atoms with van der Waals surface area (Å²) >= 11 is 0. The lowest BCUT2D eigenvalue weighted by Gasteiger charge is -2.37. The van der Waals surface area contributed by atoms with Gasteiger partial charge in [-0.05, 0) is 38.2 Å². The molecule has 2 saturated heterocycles. The molecule has 0 saturated carbocycles. The van der Waals surface area contributed by atoms with Gasteiger partial charge >= 0.3 is 6.09 Å². The van der Waals surface area contributed by atoms with Gasteiger partial charge in [0, 0.05) is 31.0 Å². The third-order valence-corrected chi connectivity index (χ3v) is 5.30. The summed E-state index contributed by atoms with van der Waals surface area (Å²) in [6.07, 6.45) is 3.72. The van der Waals surface area contributed by atoms with Gasteiger partial charge in [-0.1, -0.05) is 30.3 Å². The molecule has 2 bridgehead atoms. The second-order valence-electron chi connectivity index (χ2n) is 6.91. The fourth-order valence-electron chi connectivity index (χ4n) is 4.05. The molecule has 3 rings (SSSR count). The molecule has 5 nitrogen and oxygen atoms in total. The summed E-state index contributed by atoms with van der Waals surface area (Å²) in [4.78, 5) is 26.8. The highest BCUT2D eigenvalue weighted by Crippen LogP contribution is 2.39. The van der Waals surface area contributed by atoms with Crippen LogP contribution in [0.5, 0.6) is 0 Å². The highest BCUT2D eigenvalue weighted by atomic mass is 16.6. The Morgan fingerprint density at radius 3 is 2.44 bits per heavy atom. The van der Waals surface area contributed by atoms with E-state index in [4.69, 9.17) is 9.47 Å². The lowest BCUT2D eigenvalue weighted by molar-refractivity contribution is -0.126. The number of ether oxygens (including phenoxy) is 2. The van der Waals surface area contributed by atoms with Crippen molar-refractivity contribution < 1.29 is 19.1 Å². The monoisotopic (exact) mass is 345 g/mol. The van der Waals surface area contributed by atoms with Crippen LogP contribution in [0.2, 0.25) is 0 Å². The van der Waals surface area contributed by atoms with Gasteiger partial charge in [0.05, 0.1) is 6.61 Å². The molecule has 25 heavy (non-hydrogen) atoms. The average molecular weight is 345 g/mol. The van der Waals surface area contributed by atoms with E-state index in [0.29, 0.717) is 26.2 Å². The maximum Gasteiger partial charge on any atom is 0.410 e. The first-order valence-electron chi connectivity index (χ1n) is 9.28. The van der Waals surface area contributed by atoms with Gasteiger partial charge in [-0.15, -0.1) is 0 Å². The lowest BCUT2D eigenvalue weighted by Crippen LogP contribution is -2.48. The molecule has 2 aliphatic heterocycles. The Balaban J connectivity index is 1.52. The standard InChI is InChI=1S/C20H27NO4/c1-2-24-11-10-19(22)16-12-17-8-9-18(13-16)21(17)20(23)25-14-15-6-4-3-5-7-15/h3-7,16-18H,2,8-14H2,1H3. The number of fused-ring (bicyclic) bond motifs is 2. The number of hydrogen-bond acceptors (Lipinski definition) is 4. The molecule has 0 aromatic heterocycles. The predicted molar refractivity (Wildman–Crippen MR) is 94.1 cm³/mol. The minimum Gasteiger partial charge on any atom is -0.445 e. The number of piperidine rings is 1. The number of benzene rings is 1. The Bertz CT molecular complexity index is 575. The van der Waals surface area contributed by atoms with E-state index in [1.165, 1.54) is 0 Å². The summed E-state index contributed by atoms with van der Waals surface area (Å²) in [5.41, 5.74) is 0.990. The lowest BCUT2D eigenvalue weighted by atomic mass is 9.86. The van der Waals surface area contributed by atoms with E-state index >= 15 is 0 Å². The van der Waals surface area contributed by atoms with E-state index in [9.17, 15) is 9.59 Å². The molecular formula is C20H27NO4. The Morgan fingerprint density at radius 2 is 1.80 bits per heavy atom. The SMILES string of the molecule is CCOCCC(=O)C1CC2CCC(C1)N2C(=O)OCc1ccccc1. The average Bonchev–Trinajstić information content (AvgIpc) is 2.90. The Kier molecular flexibility index (Phi) is 6.08. The zero-order valence-corrected chi connectivity index (χ0v) is 14.9. The van der Waals surface area contributed by atoms with Crippen molar-refractivity contribution in [1.29, 1.82) is 0 Å². The van der Waals surface area contributed by atoms with Gasteiger partial charge in [-0.25, -0.2) is 4.79 Å². The molecule has 2 unspecified atom stereocenters. The summed E-state index contributed by atoms with van der Waals surface area (Å²) in [6, 6.07) is 10.00. The molecule has 0 spiro atoms. The van der Waals surface area contributed by atoms with Crippen LogP contribution in [0, 0.1) is 5.92 Å². The largest absolute Gasteiger partial charge is 0.445 e. The zero-order valence-electron chi connectivity index (χ0n) is 14.9. The van der Waals surface area contributed by atoms with Crippen molar-refractivity contribution in [1.82, 2.24) is 4.90 Å². The van der Waals surface area contributed by atoms with Gasteiger partial charge in [0.15, 0.2) is 0 Å².